The number of hydrogen-bond acceptors (Lipinski definition) is 6. The number of piperidine rings is 1. The molecule has 3 aromatic heterocycles. The minimum absolute atomic E-state index is 0.00109. The van der Waals surface area contributed by atoms with Crippen LogP contribution in [0.3, 0.4) is 0 Å². The molecule has 5 rings (SSSR count). The maximum Gasteiger partial charge on any atom is 0.253 e. The second-order valence-electron chi connectivity index (χ2n) is 8.11. The Kier molecular flexibility index (Phi) is 4.93. The van der Waals surface area contributed by atoms with Gasteiger partial charge in [0.15, 0.2) is 0 Å². The molecule has 0 unspecified atom stereocenters. The van der Waals surface area contributed by atoms with Crippen molar-refractivity contribution in [3.05, 3.63) is 59.4 Å². The van der Waals surface area contributed by atoms with E-state index in [9.17, 15) is 4.79 Å². The van der Waals surface area contributed by atoms with Crippen molar-refractivity contribution in [2.45, 2.75) is 44.8 Å². The molecular weight excluding hydrogens is 366 g/mol. The third-order valence-corrected chi connectivity index (χ3v) is 5.95. The van der Waals surface area contributed by atoms with Crippen LogP contribution in [0, 0.1) is 5.92 Å². The van der Waals surface area contributed by atoms with Gasteiger partial charge in [0.1, 0.15) is 12.2 Å². The van der Waals surface area contributed by atoms with Crippen LogP contribution < -0.4 is 5.56 Å². The monoisotopic (exact) mass is 391 g/mol. The quantitative estimate of drug-likeness (QED) is 0.640. The van der Waals surface area contributed by atoms with Crippen molar-refractivity contribution in [2.24, 2.45) is 5.92 Å². The third kappa shape index (κ3) is 4.12. The molecule has 1 aliphatic carbocycles. The van der Waals surface area contributed by atoms with Gasteiger partial charge in [-0.05, 0) is 56.8 Å². The van der Waals surface area contributed by atoms with E-state index in [-0.39, 0.29) is 5.56 Å². The van der Waals surface area contributed by atoms with E-state index in [1.165, 1.54) is 12.8 Å². The van der Waals surface area contributed by atoms with Crippen molar-refractivity contribution in [3.8, 4) is 11.3 Å². The molecule has 1 aliphatic heterocycles. The summed E-state index contributed by atoms with van der Waals surface area (Å²) in [5, 5.41) is 8.41. The summed E-state index contributed by atoms with van der Waals surface area (Å²) in [5.74, 6) is 1.58. The van der Waals surface area contributed by atoms with Crippen LogP contribution in [0.4, 0.5) is 0 Å². The van der Waals surface area contributed by atoms with Crippen molar-refractivity contribution in [2.75, 3.05) is 13.1 Å². The van der Waals surface area contributed by atoms with Crippen LogP contribution >= 0.6 is 0 Å². The van der Waals surface area contributed by atoms with Gasteiger partial charge in [-0.3, -0.25) is 19.2 Å². The van der Waals surface area contributed by atoms with Gasteiger partial charge in [0.05, 0.1) is 18.6 Å². The molecule has 0 radical (unpaired) electrons. The lowest BCUT2D eigenvalue weighted by Crippen LogP contribution is -2.36. The molecule has 0 N–H and O–H groups in total. The molecule has 150 valence electrons. The lowest BCUT2D eigenvalue weighted by atomic mass is 9.96. The zero-order valence-corrected chi connectivity index (χ0v) is 16.4. The zero-order valence-electron chi connectivity index (χ0n) is 16.4. The Hall–Kier alpha value is -2.87. The maximum absolute atomic E-state index is 12.5. The minimum atomic E-state index is -0.00109. The van der Waals surface area contributed by atoms with Gasteiger partial charge in [-0.1, -0.05) is 0 Å². The highest BCUT2D eigenvalue weighted by molar-refractivity contribution is 5.56. The third-order valence-electron chi connectivity index (χ3n) is 5.95. The van der Waals surface area contributed by atoms with Gasteiger partial charge in [-0.15, -0.1) is 10.2 Å². The number of likely N-dealkylation sites (tertiary alicyclic amines) is 1. The SMILES string of the molecule is O=c1cc(-c2cccnc2)ncn1CC1CCN(Cc2nncn2C2CC2)CC1. The van der Waals surface area contributed by atoms with Crippen LogP contribution in [0.15, 0.2) is 48.0 Å². The van der Waals surface area contributed by atoms with E-state index in [0.717, 1.165) is 50.4 Å². The summed E-state index contributed by atoms with van der Waals surface area (Å²) < 4.78 is 3.98. The molecule has 0 bridgehead atoms. The van der Waals surface area contributed by atoms with Crippen LogP contribution in [0.25, 0.3) is 11.3 Å². The molecule has 0 aromatic carbocycles. The van der Waals surface area contributed by atoms with Gasteiger partial charge >= 0.3 is 0 Å². The van der Waals surface area contributed by atoms with E-state index in [4.69, 9.17) is 0 Å². The first-order chi connectivity index (χ1) is 14.3. The first kappa shape index (κ1) is 18.2. The molecular formula is C21H25N7O. The highest BCUT2D eigenvalue weighted by atomic mass is 16.1. The Morgan fingerprint density at radius 2 is 1.97 bits per heavy atom. The Bertz CT molecular complexity index is 1020. The van der Waals surface area contributed by atoms with Crippen molar-refractivity contribution in [3.63, 3.8) is 0 Å². The Morgan fingerprint density at radius 1 is 1.10 bits per heavy atom. The van der Waals surface area contributed by atoms with E-state index in [0.29, 0.717) is 17.7 Å². The van der Waals surface area contributed by atoms with Crippen LogP contribution in [-0.2, 0) is 13.1 Å². The van der Waals surface area contributed by atoms with Crippen LogP contribution in [0.2, 0.25) is 0 Å². The molecule has 29 heavy (non-hydrogen) atoms. The second kappa shape index (κ2) is 7.87. The molecule has 3 aromatic rings. The van der Waals surface area contributed by atoms with E-state index < -0.39 is 0 Å². The summed E-state index contributed by atoms with van der Waals surface area (Å²) in [5.41, 5.74) is 1.54. The fourth-order valence-corrected chi connectivity index (χ4v) is 4.08. The van der Waals surface area contributed by atoms with Crippen molar-refractivity contribution >= 4 is 0 Å². The van der Waals surface area contributed by atoms with E-state index in [1.54, 1.807) is 29.4 Å². The molecule has 8 nitrogen and oxygen atoms in total. The molecule has 0 spiro atoms. The summed E-state index contributed by atoms with van der Waals surface area (Å²) in [6, 6.07) is 5.99. The second-order valence-corrected chi connectivity index (χ2v) is 8.11. The molecule has 8 heteroatoms. The molecule has 2 fully saturated rings. The van der Waals surface area contributed by atoms with Gasteiger partial charge in [0, 0.05) is 36.6 Å². The minimum Gasteiger partial charge on any atom is -0.313 e. The lowest BCUT2D eigenvalue weighted by molar-refractivity contribution is 0.161. The molecule has 4 heterocycles. The standard InChI is InChI=1S/C21H25N7O/c29-21-10-19(17-2-1-7-22-11-17)23-14-27(21)12-16-5-8-26(9-6-16)13-20-25-24-15-28(20)18-3-4-18/h1-2,7,10-11,14-16,18H,3-6,8-9,12-13H2. The largest absolute Gasteiger partial charge is 0.313 e. The Morgan fingerprint density at radius 3 is 2.69 bits per heavy atom. The highest BCUT2D eigenvalue weighted by Crippen LogP contribution is 2.35. The van der Waals surface area contributed by atoms with Gasteiger partial charge in [-0.2, -0.15) is 0 Å². The summed E-state index contributed by atoms with van der Waals surface area (Å²) in [6.07, 6.45) is 11.6. The van der Waals surface area contributed by atoms with Crippen LogP contribution in [0.5, 0.6) is 0 Å². The molecule has 1 saturated carbocycles. The maximum atomic E-state index is 12.5. The van der Waals surface area contributed by atoms with E-state index in [2.05, 4.69) is 29.6 Å². The van der Waals surface area contributed by atoms with Crippen molar-refractivity contribution in [1.29, 1.82) is 0 Å². The van der Waals surface area contributed by atoms with Crippen molar-refractivity contribution < 1.29 is 0 Å². The Balaban J connectivity index is 1.17. The molecule has 0 atom stereocenters. The predicted octanol–water partition coefficient (Wildman–Crippen LogP) is 2.14. The fourth-order valence-electron chi connectivity index (χ4n) is 4.08. The number of pyridine rings is 1. The summed E-state index contributed by atoms with van der Waals surface area (Å²) in [7, 11) is 0. The highest BCUT2D eigenvalue weighted by Gasteiger charge is 2.27. The average Bonchev–Trinajstić information content (AvgIpc) is 3.50. The summed E-state index contributed by atoms with van der Waals surface area (Å²) >= 11 is 0. The number of aromatic nitrogens is 6. The van der Waals surface area contributed by atoms with Gasteiger partial charge in [-0.25, -0.2) is 4.98 Å². The lowest BCUT2D eigenvalue weighted by Gasteiger charge is -2.31. The van der Waals surface area contributed by atoms with Gasteiger partial charge in [0.2, 0.25) is 0 Å². The van der Waals surface area contributed by atoms with Crippen molar-refractivity contribution in [1.82, 2.24) is 34.2 Å². The first-order valence-corrected chi connectivity index (χ1v) is 10.3. The smallest absolute Gasteiger partial charge is 0.253 e. The van der Waals surface area contributed by atoms with Crippen LogP contribution in [-0.4, -0.2) is 47.3 Å². The summed E-state index contributed by atoms with van der Waals surface area (Å²) in [6.45, 7) is 3.64. The number of hydrogen-bond donors (Lipinski definition) is 0. The predicted molar refractivity (Wildman–Crippen MR) is 108 cm³/mol. The number of rotatable bonds is 6. The first-order valence-electron chi connectivity index (χ1n) is 10.3. The molecule has 0 amide bonds. The zero-order chi connectivity index (χ0) is 19.6. The normalized spacial score (nSPS) is 18.2. The average molecular weight is 391 g/mol. The molecule has 2 aliphatic rings. The van der Waals surface area contributed by atoms with Crippen LogP contribution in [0.1, 0.15) is 37.5 Å². The summed E-state index contributed by atoms with van der Waals surface area (Å²) in [4.78, 5) is 23.6. The van der Waals surface area contributed by atoms with Gasteiger partial charge < -0.3 is 4.57 Å². The Labute approximate surface area is 169 Å². The molecule has 1 saturated heterocycles. The van der Waals surface area contributed by atoms with E-state index in [1.807, 2.05) is 18.5 Å². The number of nitrogens with zero attached hydrogens (tertiary/aromatic N) is 7. The fraction of sp³-hybridized carbons (Fsp3) is 0.476. The topological polar surface area (TPSA) is 81.7 Å². The van der Waals surface area contributed by atoms with Gasteiger partial charge in [0.25, 0.3) is 5.56 Å². The van der Waals surface area contributed by atoms with E-state index >= 15 is 0 Å².